The lowest BCUT2D eigenvalue weighted by Gasteiger charge is -2.31. The summed E-state index contributed by atoms with van der Waals surface area (Å²) in [6.45, 7) is 9.21. The van der Waals surface area contributed by atoms with Crippen molar-refractivity contribution in [2.45, 2.75) is 64.6 Å². The zero-order valence-corrected chi connectivity index (χ0v) is 21.1. The van der Waals surface area contributed by atoms with Crippen LogP contribution < -0.4 is 5.32 Å². The maximum atomic E-state index is 13.3. The number of sulfonamides is 1. The van der Waals surface area contributed by atoms with Crippen LogP contribution in [0.3, 0.4) is 0 Å². The summed E-state index contributed by atoms with van der Waals surface area (Å²) in [6, 6.07) is 13.4. The van der Waals surface area contributed by atoms with Crippen LogP contribution in [0.4, 0.5) is 0 Å². The van der Waals surface area contributed by atoms with Crippen molar-refractivity contribution in [1.29, 1.82) is 0 Å². The highest BCUT2D eigenvalue weighted by molar-refractivity contribution is 7.89. The Kier molecular flexibility index (Phi) is 9.19. The summed E-state index contributed by atoms with van der Waals surface area (Å²) in [6.07, 6.45) is 0.766. The molecule has 0 aliphatic rings. The number of nitrogens with one attached hydrogen (secondary N) is 1. The molecule has 2 rings (SSSR count). The van der Waals surface area contributed by atoms with Gasteiger partial charge in [-0.1, -0.05) is 54.4 Å². The fourth-order valence-corrected chi connectivity index (χ4v) is 4.32. The molecule has 0 fully saturated rings. The SMILES string of the molecule is CC[C@H](C)NC(=O)[C@H](C)N(Cc1ccc(C)cc1)C(=O)CN(C)S(=O)(=O)c1ccc(C)cc1. The van der Waals surface area contributed by atoms with Crippen LogP contribution in [0.25, 0.3) is 0 Å². The Morgan fingerprint density at radius 3 is 1.97 bits per heavy atom. The normalized spacial score (nSPS) is 13.4. The van der Waals surface area contributed by atoms with E-state index in [9.17, 15) is 18.0 Å². The second-order valence-electron chi connectivity index (χ2n) is 8.58. The lowest BCUT2D eigenvalue weighted by Crippen LogP contribution is -2.51. The van der Waals surface area contributed by atoms with Crippen LogP contribution in [0.5, 0.6) is 0 Å². The fraction of sp³-hybridized carbons (Fsp3) is 0.440. The summed E-state index contributed by atoms with van der Waals surface area (Å²) in [5, 5.41) is 2.91. The maximum Gasteiger partial charge on any atom is 0.243 e. The third-order valence-corrected chi connectivity index (χ3v) is 7.55. The van der Waals surface area contributed by atoms with Crippen molar-refractivity contribution in [2.24, 2.45) is 0 Å². The average molecular weight is 474 g/mol. The molecule has 0 bridgehead atoms. The lowest BCUT2D eigenvalue weighted by molar-refractivity contribution is -0.140. The highest BCUT2D eigenvalue weighted by Crippen LogP contribution is 2.17. The Morgan fingerprint density at radius 1 is 0.939 bits per heavy atom. The van der Waals surface area contributed by atoms with Gasteiger partial charge in [-0.3, -0.25) is 9.59 Å². The Bertz CT molecular complexity index is 1050. The third kappa shape index (κ3) is 7.14. The van der Waals surface area contributed by atoms with E-state index in [-0.39, 0.29) is 29.9 Å². The minimum atomic E-state index is -3.85. The van der Waals surface area contributed by atoms with E-state index in [1.54, 1.807) is 19.1 Å². The zero-order chi connectivity index (χ0) is 24.8. The van der Waals surface area contributed by atoms with Crippen LogP contribution in [-0.4, -0.2) is 55.1 Å². The van der Waals surface area contributed by atoms with E-state index in [1.165, 1.54) is 24.1 Å². The van der Waals surface area contributed by atoms with Crippen molar-refractivity contribution < 1.29 is 18.0 Å². The van der Waals surface area contributed by atoms with Crippen molar-refractivity contribution in [3.63, 3.8) is 0 Å². The molecule has 2 aromatic carbocycles. The highest BCUT2D eigenvalue weighted by Gasteiger charge is 2.30. The van der Waals surface area contributed by atoms with E-state index in [0.29, 0.717) is 0 Å². The van der Waals surface area contributed by atoms with Gasteiger partial charge in [-0.25, -0.2) is 8.42 Å². The summed E-state index contributed by atoms with van der Waals surface area (Å²) < 4.78 is 27.0. The predicted molar refractivity (Wildman–Crippen MR) is 130 cm³/mol. The first-order valence-electron chi connectivity index (χ1n) is 11.1. The van der Waals surface area contributed by atoms with Gasteiger partial charge in [-0.05, 0) is 51.8 Å². The van der Waals surface area contributed by atoms with E-state index in [0.717, 1.165) is 27.4 Å². The van der Waals surface area contributed by atoms with Gasteiger partial charge in [0.2, 0.25) is 21.8 Å². The number of rotatable bonds is 10. The molecule has 0 saturated heterocycles. The topological polar surface area (TPSA) is 86.8 Å². The Morgan fingerprint density at radius 2 is 1.45 bits per heavy atom. The summed E-state index contributed by atoms with van der Waals surface area (Å²) >= 11 is 0. The third-order valence-electron chi connectivity index (χ3n) is 5.73. The average Bonchev–Trinajstić information content (AvgIpc) is 2.78. The van der Waals surface area contributed by atoms with Gasteiger partial charge in [0, 0.05) is 19.6 Å². The van der Waals surface area contributed by atoms with Crippen molar-refractivity contribution in [2.75, 3.05) is 13.6 Å². The summed E-state index contributed by atoms with van der Waals surface area (Å²) in [4.78, 5) is 27.7. The first-order valence-corrected chi connectivity index (χ1v) is 12.6. The van der Waals surface area contributed by atoms with Crippen molar-refractivity contribution >= 4 is 21.8 Å². The number of nitrogens with zero attached hydrogens (tertiary/aromatic N) is 2. The number of aryl methyl sites for hydroxylation is 2. The zero-order valence-electron chi connectivity index (χ0n) is 20.3. The monoisotopic (exact) mass is 473 g/mol. The van der Waals surface area contributed by atoms with E-state index in [2.05, 4.69) is 5.32 Å². The first kappa shape index (κ1) is 26.5. The van der Waals surface area contributed by atoms with Crippen LogP contribution in [0.15, 0.2) is 53.4 Å². The van der Waals surface area contributed by atoms with Crippen LogP contribution >= 0.6 is 0 Å². The molecule has 0 heterocycles. The molecule has 0 aliphatic heterocycles. The molecule has 2 atom stereocenters. The van der Waals surface area contributed by atoms with Gasteiger partial charge in [-0.15, -0.1) is 0 Å². The number of carbonyl (C=O) groups is 2. The summed E-state index contributed by atoms with van der Waals surface area (Å²) in [5.74, 6) is -0.714. The minimum absolute atomic E-state index is 0.0270. The number of carbonyl (C=O) groups excluding carboxylic acids is 2. The number of likely N-dealkylation sites (N-methyl/N-ethyl adjacent to an activating group) is 1. The summed E-state index contributed by atoms with van der Waals surface area (Å²) in [5.41, 5.74) is 2.89. The van der Waals surface area contributed by atoms with E-state index < -0.39 is 22.0 Å². The van der Waals surface area contributed by atoms with E-state index in [4.69, 9.17) is 0 Å². The molecular weight excluding hydrogens is 438 g/mol. The van der Waals surface area contributed by atoms with Crippen LogP contribution in [0.1, 0.15) is 43.9 Å². The van der Waals surface area contributed by atoms with Gasteiger partial charge >= 0.3 is 0 Å². The smallest absolute Gasteiger partial charge is 0.243 e. The fourth-order valence-electron chi connectivity index (χ4n) is 3.19. The number of amides is 2. The molecule has 0 aromatic heterocycles. The van der Waals surface area contributed by atoms with Crippen LogP contribution in [-0.2, 0) is 26.2 Å². The summed E-state index contributed by atoms with van der Waals surface area (Å²) in [7, 11) is -2.47. The number of hydrogen-bond acceptors (Lipinski definition) is 4. The van der Waals surface area contributed by atoms with E-state index in [1.807, 2.05) is 52.0 Å². The second-order valence-corrected chi connectivity index (χ2v) is 10.6. The Balaban J connectivity index is 2.26. The molecule has 2 aromatic rings. The Hall–Kier alpha value is -2.71. The van der Waals surface area contributed by atoms with E-state index >= 15 is 0 Å². The molecule has 180 valence electrons. The largest absolute Gasteiger partial charge is 0.352 e. The van der Waals surface area contributed by atoms with Gasteiger partial charge in [0.05, 0.1) is 11.4 Å². The standard InChI is InChI=1S/C25H35N3O4S/c1-7-20(4)26-25(30)21(5)28(16-22-12-8-18(2)9-13-22)24(29)17-27(6)33(31,32)23-14-10-19(3)11-15-23/h8-15,20-21H,7,16-17H2,1-6H3,(H,26,30)/t20-,21-/m0/s1. The van der Waals surface area contributed by atoms with Crippen LogP contribution in [0, 0.1) is 13.8 Å². The second kappa shape index (κ2) is 11.4. The van der Waals surface area contributed by atoms with Gasteiger partial charge in [0.1, 0.15) is 6.04 Å². The minimum Gasteiger partial charge on any atom is -0.352 e. The van der Waals surface area contributed by atoms with Gasteiger partial charge in [0.15, 0.2) is 0 Å². The highest BCUT2D eigenvalue weighted by atomic mass is 32.2. The van der Waals surface area contributed by atoms with Crippen molar-refractivity contribution in [3.05, 3.63) is 65.2 Å². The molecule has 33 heavy (non-hydrogen) atoms. The number of benzene rings is 2. The molecule has 0 saturated carbocycles. The molecule has 0 spiro atoms. The lowest BCUT2D eigenvalue weighted by atomic mass is 10.1. The van der Waals surface area contributed by atoms with Gasteiger partial charge < -0.3 is 10.2 Å². The molecule has 8 heteroatoms. The van der Waals surface area contributed by atoms with Crippen molar-refractivity contribution in [3.8, 4) is 0 Å². The maximum absolute atomic E-state index is 13.3. The molecule has 7 nitrogen and oxygen atoms in total. The predicted octanol–water partition coefficient (Wildman–Crippen LogP) is 3.26. The van der Waals surface area contributed by atoms with Gasteiger partial charge in [0.25, 0.3) is 0 Å². The molecule has 0 unspecified atom stereocenters. The Labute approximate surface area is 197 Å². The van der Waals surface area contributed by atoms with Gasteiger partial charge in [-0.2, -0.15) is 4.31 Å². The van der Waals surface area contributed by atoms with Crippen molar-refractivity contribution in [1.82, 2.24) is 14.5 Å². The molecule has 0 radical (unpaired) electrons. The molecule has 2 amide bonds. The number of hydrogen-bond donors (Lipinski definition) is 1. The van der Waals surface area contributed by atoms with Crippen LogP contribution in [0.2, 0.25) is 0 Å². The molecular formula is C25H35N3O4S. The quantitative estimate of drug-likeness (QED) is 0.574. The molecule has 1 N–H and O–H groups in total. The first-order chi connectivity index (χ1) is 15.4. The molecule has 0 aliphatic carbocycles.